The Morgan fingerprint density at radius 3 is 2.50 bits per heavy atom. The molecule has 0 amide bonds. The number of hydrogen-bond donors (Lipinski definition) is 2. The van der Waals surface area contributed by atoms with Crippen LogP contribution in [0.3, 0.4) is 0 Å². The van der Waals surface area contributed by atoms with Crippen molar-refractivity contribution in [2.75, 3.05) is 0 Å². The summed E-state index contributed by atoms with van der Waals surface area (Å²) in [6.45, 7) is 2.12. The van der Waals surface area contributed by atoms with Gasteiger partial charge < -0.3 is 4.98 Å². The first kappa shape index (κ1) is 14.8. The van der Waals surface area contributed by atoms with Crippen LogP contribution in [0.1, 0.15) is 11.1 Å². The Labute approximate surface area is 121 Å². The van der Waals surface area contributed by atoms with Crippen molar-refractivity contribution in [2.45, 2.75) is 18.4 Å². The number of aromatic amines is 1. The summed E-state index contributed by atoms with van der Waals surface area (Å²) >= 11 is 5.62. The molecule has 0 atom stereocenters. The quantitative estimate of drug-likeness (QED) is 0.903. The highest BCUT2D eigenvalue weighted by atomic mass is 35.5. The van der Waals surface area contributed by atoms with E-state index < -0.39 is 15.6 Å². The van der Waals surface area contributed by atoms with Crippen LogP contribution in [0.25, 0.3) is 0 Å². The van der Waals surface area contributed by atoms with Crippen molar-refractivity contribution in [3.8, 4) is 0 Å². The third-order valence-electron chi connectivity index (χ3n) is 2.73. The maximum atomic E-state index is 12.0. The number of halogens is 1. The molecule has 2 N–H and O–H groups in total. The average molecular weight is 313 g/mol. The molecule has 1 aromatic heterocycles. The van der Waals surface area contributed by atoms with E-state index in [1.54, 1.807) is 0 Å². The van der Waals surface area contributed by atoms with E-state index in [1.807, 2.05) is 31.2 Å². The smallest absolute Gasteiger partial charge is 0.266 e. The van der Waals surface area contributed by atoms with Gasteiger partial charge in [-0.25, -0.2) is 13.1 Å². The lowest BCUT2D eigenvalue weighted by Gasteiger charge is -2.07. The molecule has 0 bridgehead atoms. The number of aryl methyl sites for hydroxylation is 1. The highest BCUT2D eigenvalue weighted by Crippen LogP contribution is 2.11. The van der Waals surface area contributed by atoms with Crippen molar-refractivity contribution < 1.29 is 8.42 Å². The molecule has 0 aliphatic heterocycles. The third kappa shape index (κ3) is 3.47. The second-order valence-corrected chi connectivity index (χ2v) is 6.50. The fraction of sp³-hybridized carbons (Fsp3) is 0.154. The highest BCUT2D eigenvalue weighted by molar-refractivity contribution is 7.89. The van der Waals surface area contributed by atoms with E-state index in [2.05, 4.69) is 9.71 Å². The summed E-state index contributed by atoms with van der Waals surface area (Å²) in [7, 11) is -3.71. The molecule has 7 heteroatoms. The molecule has 1 heterocycles. The SMILES string of the molecule is Cc1ccc(CNS(=O)(=O)c2c[nH]c(=O)c(Cl)c2)cc1. The largest absolute Gasteiger partial charge is 0.326 e. The minimum absolute atomic E-state index is 0.0748. The molecule has 0 fully saturated rings. The molecule has 0 radical (unpaired) electrons. The first-order valence-electron chi connectivity index (χ1n) is 5.82. The minimum Gasteiger partial charge on any atom is -0.326 e. The predicted octanol–water partition coefficient (Wildman–Crippen LogP) is 1.82. The molecule has 2 aromatic rings. The zero-order valence-corrected chi connectivity index (χ0v) is 12.3. The van der Waals surface area contributed by atoms with Crippen molar-refractivity contribution in [1.82, 2.24) is 9.71 Å². The van der Waals surface area contributed by atoms with Gasteiger partial charge in [0.05, 0.1) is 4.90 Å². The molecule has 106 valence electrons. The maximum absolute atomic E-state index is 12.0. The molecule has 0 saturated carbocycles. The van der Waals surface area contributed by atoms with Crippen LogP contribution in [-0.2, 0) is 16.6 Å². The second-order valence-electron chi connectivity index (χ2n) is 4.32. The summed E-state index contributed by atoms with van der Waals surface area (Å²) in [6, 6.07) is 8.62. The first-order chi connectivity index (χ1) is 9.38. The van der Waals surface area contributed by atoms with Crippen molar-refractivity contribution in [2.24, 2.45) is 0 Å². The summed E-state index contributed by atoms with van der Waals surface area (Å²) in [5.41, 5.74) is 1.42. The van der Waals surface area contributed by atoms with Gasteiger partial charge in [-0.05, 0) is 18.6 Å². The van der Waals surface area contributed by atoms with Crippen molar-refractivity contribution in [1.29, 1.82) is 0 Å². The zero-order valence-electron chi connectivity index (χ0n) is 10.7. The predicted molar refractivity (Wildman–Crippen MR) is 77.3 cm³/mol. The fourth-order valence-electron chi connectivity index (χ4n) is 1.56. The second kappa shape index (κ2) is 5.78. The van der Waals surface area contributed by atoms with Gasteiger partial charge in [-0.1, -0.05) is 41.4 Å². The molecular weight excluding hydrogens is 300 g/mol. The third-order valence-corrected chi connectivity index (χ3v) is 4.39. The first-order valence-corrected chi connectivity index (χ1v) is 7.68. The van der Waals surface area contributed by atoms with Gasteiger partial charge in [-0.3, -0.25) is 4.79 Å². The number of aromatic nitrogens is 1. The number of H-pyrrole nitrogens is 1. The summed E-state index contributed by atoms with van der Waals surface area (Å²) in [5, 5.41) is -0.164. The van der Waals surface area contributed by atoms with Gasteiger partial charge in [0.25, 0.3) is 5.56 Å². The van der Waals surface area contributed by atoms with Crippen LogP contribution < -0.4 is 10.3 Å². The zero-order chi connectivity index (χ0) is 14.8. The lowest BCUT2D eigenvalue weighted by Crippen LogP contribution is -2.24. The van der Waals surface area contributed by atoms with E-state index in [-0.39, 0.29) is 16.5 Å². The fourth-order valence-corrected chi connectivity index (χ4v) is 2.81. The van der Waals surface area contributed by atoms with Gasteiger partial charge >= 0.3 is 0 Å². The Kier molecular flexibility index (Phi) is 4.27. The van der Waals surface area contributed by atoms with Crippen LogP contribution in [0.4, 0.5) is 0 Å². The van der Waals surface area contributed by atoms with Gasteiger partial charge in [0.1, 0.15) is 5.02 Å². The summed E-state index contributed by atoms with van der Waals surface area (Å²) < 4.78 is 26.5. The molecule has 1 aromatic carbocycles. The number of benzene rings is 1. The van der Waals surface area contributed by atoms with Crippen LogP contribution in [0.5, 0.6) is 0 Å². The van der Waals surface area contributed by atoms with E-state index in [0.717, 1.165) is 23.4 Å². The lowest BCUT2D eigenvalue weighted by atomic mass is 10.2. The standard InChI is InChI=1S/C13H13ClN2O3S/c1-9-2-4-10(5-3-9)7-16-20(18,19)11-6-12(14)13(17)15-8-11/h2-6,8,16H,7H2,1H3,(H,15,17). The molecule has 0 unspecified atom stereocenters. The van der Waals surface area contributed by atoms with Crippen molar-refractivity contribution in [3.05, 3.63) is 63.0 Å². The Morgan fingerprint density at radius 1 is 1.25 bits per heavy atom. The molecule has 0 spiro atoms. The van der Waals surface area contributed by atoms with Crippen molar-refractivity contribution >= 4 is 21.6 Å². The van der Waals surface area contributed by atoms with Gasteiger partial charge in [-0.15, -0.1) is 0 Å². The van der Waals surface area contributed by atoms with Crippen LogP contribution >= 0.6 is 11.6 Å². The molecule has 2 rings (SSSR count). The number of pyridine rings is 1. The summed E-state index contributed by atoms with van der Waals surface area (Å²) in [6.07, 6.45) is 1.12. The van der Waals surface area contributed by atoms with Crippen LogP contribution in [0.15, 0.2) is 46.2 Å². The number of sulfonamides is 1. The number of rotatable bonds is 4. The number of nitrogens with one attached hydrogen (secondary N) is 2. The molecule has 0 aliphatic carbocycles. The van der Waals surface area contributed by atoms with E-state index >= 15 is 0 Å². The van der Waals surface area contributed by atoms with Gasteiger partial charge in [0, 0.05) is 12.7 Å². The Hall–Kier alpha value is -1.63. The molecular formula is C13H13ClN2O3S. The topological polar surface area (TPSA) is 79.0 Å². The van der Waals surface area contributed by atoms with Gasteiger partial charge in [-0.2, -0.15) is 0 Å². The molecule has 0 saturated heterocycles. The molecule has 0 aliphatic rings. The number of hydrogen-bond acceptors (Lipinski definition) is 3. The van der Waals surface area contributed by atoms with Crippen LogP contribution in [-0.4, -0.2) is 13.4 Å². The lowest BCUT2D eigenvalue weighted by molar-refractivity contribution is 0.581. The maximum Gasteiger partial charge on any atom is 0.266 e. The molecule has 5 nitrogen and oxygen atoms in total. The van der Waals surface area contributed by atoms with E-state index in [9.17, 15) is 13.2 Å². The van der Waals surface area contributed by atoms with Gasteiger partial charge in [0.2, 0.25) is 10.0 Å². The monoisotopic (exact) mass is 312 g/mol. The van der Waals surface area contributed by atoms with Gasteiger partial charge in [0.15, 0.2) is 0 Å². The molecule has 20 heavy (non-hydrogen) atoms. The minimum atomic E-state index is -3.71. The average Bonchev–Trinajstić information content (AvgIpc) is 2.41. The van der Waals surface area contributed by atoms with Crippen molar-refractivity contribution in [3.63, 3.8) is 0 Å². The Balaban J connectivity index is 2.16. The summed E-state index contributed by atoms with van der Waals surface area (Å²) in [4.78, 5) is 13.3. The van der Waals surface area contributed by atoms with E-state index in [1.165, 1.54) is 0 Å². The Morgan fingerprint density at radius 2 is 1.90 bits per heavy atom. The van der Waals surface area contributed by atoms with E-state index in [0.29, 0.717) is 0 Å². The van der Waals surface area contributed by atoms with E-state index in [4.69, 9.17) is 11.6 Å². The summed E-state index contributed by atoms with van der Waals surface area (Å²) in [5.74, 6) is 0. The Bertz CT molecular complexity index is 767. The van der Waals surface area contributed by atoms with Crippen LogP contribution in [0, 0.1) is 6.92 Å². The van der Waals surface area contributed by atoms with Crippen LogP contribution in [0.2, 0.25) is 5.02 Å². The highest BCUT2D eigenvalue weighted by Gasteiger charge is 2.15. The normalized spacial score (nSPS) is 11.5.